The van der Waals surface area contributed by atoms with Gasteiger partial charge in [-0.1, -0.05) is 46.3 Å². The van der Waals surface area contributed by atoms with Gasteiger partial charge in [0.25, 0.3) is 0 Å². The van der Waals surface area contributed by atoms with Crippen molar-refractivity contribution in [2.24, 2.45) is 0 Å². The van der Waals surface area contributed by atoms with E-state index in [-0.39, 0.29) is 0 Å². The second kappa shape index (κ2) is 5.63. The van der Waals surface area contributed by atoms with Crippen LogP contribution >= 0.6 is 15.9 Å². The predicted molar refractivity (Wildman–Crippen MR) is 85.0 cm³/mol. The number of carbonyl (C=O) groups excluding carboxylic acids is 1. The van der Waals surface area contributed by atoms with Crippen molar-refractivity contribution in [3.05, 3.63) is 76.4 Å². The van der Waals surface area contributed by atoms with Gasteiger partial charge in [-0.05, 0) is 35.4 Å². The number of nitrogens with zero attached hydrogens (tertiary/aromatic N) is 1. The third-order valence-corrected chi connectivity index (χ3v) is 4.09. The number of rotatable bonds is 3. The van der Waals surface area contributed by atoms with Crippen LogP contribution in [0.4, 0.5) is 5.69 Å². The van der Waals surface area contributed by atoms with Crippen LogP contribution in [0.15, 0.2) is 65.3 Å². The Balaban J connectivity index is 2.02. The third kappa shape index (κ3) is 2.41. The SMILES string of the molecule is O=CC=CN1C[C@H](c2cccc(Br)c2)c2ccccc21. The molecule has 2 nitrogen and oxygen atoms in total. The molecule has 1 heterocycles. The van der Waals surface area contributed by atoms with E-state index in [0.717, 1.165) is 17.3 Å². The van der Waals surface area contributed by atoms with Crippen molar-refractivity contribution in [3.8, 4) is 0 Å². The van der Waals surface area contributed by atoms with E-state index in [0.29, 0.717) is 5.92 Å². The summed E-state index contributed by atoms with van der Waals surface area (Å²) in [5, 5.41) is 0. The van der Waals surface area contributed by atoms with Gasteiger partial charge >= 0.3 is 0 Å². The molecule has 0 radical (unpaired) electrons. The highest BCUT2D eigenvalue weighted by molar-refractivity contribution is 9.10. The van der Waals surface area contributed by atoms with Gasteiger partial charge in [0.05, 0.1) is 0 Å². The summed E-state index contributed by atoms with van der Waals surface area (Å²) in [6, 6.07) is 16.8. The molecule has 0 bridgehead atoms. The monoisotopic (exact) mass is 327 g/mol. The van der Waals surface area contributed by atoms with Gasteiger partial charge in [-0.25, -0.2) is 0 Å². The molecule has 3 heteroatoms. The van der Waals surface area contributed by atoms with Gasteiger partial charge in [0.15, 0.2) is 0 Å². The second-order valence-electron chi connectivity index (χ2n) is 4.80. The van der Waals surface area contributed by atoms with E-state index >= 15 is 0 Å². The Morgan fingerprint density at radius 1 is 1.15 bits per heavy atom. The molecule has 20 heavy (non-hydrogen) atoms. The quantitative estimate of drug-likeness (QED) is 0.624. The summed E-state index contributed by atoms with van der Waals surface area (Å²) in [7, 11) is 0. The lowest BCUT2D eigenvalue weighted by atomic mass is 9.93. The van der Waals surface area contributed by atoms with Crippen molar-refractivity contribution in [2.45, 2.75) is 5.92 Å². The first-order valence-corrected chi connectivity index (χ1v) is 7.32. The van der Waals surface area contributed by atoms with Crippen LogP contribution in [0.2, 0.25) is 0 Å². The molecule has 0 fully saturated rings. The molecule has 0 saturated carbocycles. The molecule has 2 aromatic rings. The molecule has 0 N–H and O–H groups in total. The van der Waals surface area contributed by atoms with Crippen LogP contribution in [-0.4, -0.2) is 12.8 Å². The van der Waals surface area contributed by atoms with Gasteiger partial charge in [0.1, 0.15) is 6.29 Å². The highest BCUT2D eigenvalue weighted by Gasteiger charge is 2.28. The van der Waals surface area contributed by atoms with Crippen LogP contribution in [0.5, 0.6) is 0 Å². The maximum atomic E-state index is 10.6. The summed E-state index contributed by atoms with van der Waals surface area (Å²) in [5.41, 5.74) is 3.77. The molecule has 1 aliphatic heterocycles. The van der Waals surface area contributed by atoms with Crippen LogP contribution in [0.3, 0.4) is 0 Å². The minimum Gasteiger partial charge on any atom is -0.347 e. The largest absolute Gasteiger partial charge is 0.347 e. The maximum Gasteiger partial charge on any atom is 0.144 e. The highest BCUT2D eigenvalue weighted by Crippen LogP contribution is 2.40. The van der Waals surface area contributed by atoms with E-state index < -0.39 is 0 Å². The average molecular weight is 328 g/mol. The van der Waals surface area contributed by atoms with Crippen LogP contribution in [0, 0.1) is 0 Å². The number of allylic oxidation sites excluding steroid dienone is 1. The van der Waals surface area contributed by atoms with Crippen LogP contribution in [-0.2, 0) is 4.79 Å². The highest BCUT2D eigenvalue weighted by atomic mass is 79.9. The van der Waals surface area contributed by atoms with Gasteiger partial charge in [-0.15, -0.1) is 0 Å². The molecule has 1 aliphatic rings. The minimum atomic E-state index is 0.333. The van der Waals surface area contributed by atoms with E-state index in [2.05, 4.69) is 57.2 Å². The molecular formula is C17H14BrNO. The van der Waals surface area contributed by atoms with Gasteiger partial charge in [-0.2, -0.15) is 0 Å². The maximum absolute atomic E-state index is 10.6. The van der Waals surface area contributed by atoms with Gasteiger partial charge < -0.3 is 4.90 Å². The Kier molecular flexibility index (Phi) is 3.70. The van der Waals surface area contributed by atoms with Gasteiger partial charge in [0, 0.05) is 28.8 Å². The zero-order chi connectivity index (χ0) is 13.9. The van der Waals surface area contributed by atoms with Crippen molar-refractivity contribution in [3.63, 3.8) is 0 Å². The average Bonchev–Trinajstić information content (AvgIpc) is 2.84. The number of aldehydes is 1. The lowest BCUT2D eigenvalue weighted by Gasteiger charge is -2.14. The lowest BCUT2D eigenvalue weighted by Crippen LogP contribution is -2.15. The Bertz CT molecular complexity index is 666. The van der Waals surface area contributed by atoms with Gasteiger partial charge in [-0.3, -0.25) is 4.79 Å². The van der Waals surface area contributed by atoms with Gasteiger partial charge in [0.2, 0.25) is 0 Å². The van der Waals surface area contributed by atoms with E-state index in [1.807, 2.05) is 18.3 Å². The molecule has 0 amide bonds. The predicted octanol–water partition coefficient (Wildman–Crippen LogP) is 4.11. The van der Waals surface area contributed by atoms with E-state index in [4.69, 9.17) is 0 Å². The Morgan fingerprint density at radius 2 is 2.00 bits per heavy atom. The zero-order valence-electron chi connectivity index (χ0n) is 10.9. The number of anilines is 1. The molecular weight excluding hydrogens is 314 g/mol. The smallest absolute Gasteiger partial charge is 0.144 e. The fourth-order valence-electron chi connectivity index (χ4n) is 2.73. The Hall–Kier alpha value is -1.87. The number of hydrogen-bond acceptors (Lipinski definition) is 2. The van der Waals surface area contributed by atoms with Crippen molar-refractivity contribution < 1.29 is 4.79 Å². The number of halogens is 1. The number of fused-ring (bicyclic) bond motifs is 1. The van der Waals surface area contributed by atoms with Crippen LogP contribution in [0.1, 0.15) is 17.0 Å². The number of para-hydroxylation sites is 1. The standard InChI is InChI=1S/C17H14BrNO/c18-14-6-3-5-13(11-14)16-12-19(9-4-10-20)17-8-2-1-7-15(16)17/h1-11,16H,12H2/t16-/m1/s1. The second-order valence-corrected chi connectivity index (χ2v) is 5.71. The van der Waals surface area contributed by atoms with E-state index in [1.54, 1.807) is 6.08 Å². The topological polar surface area (TPSA) is 20.3 Å². The van der Waals surface area contributed by atoms with Crippen LogP contribution < -0.4 is 4.90 Å². The molecule has 0 aliphatic carbocycles. The molecule has 0 unspecified atom stereocenters. The lowest BCUT2D eigenvalue weighted by molar-refractivity contribution is -0.104. The molecule has 1 atom stereocenters. The number of benzene rings is 2. The summed E-state index contributed by atoms with van der Waals surface area (Å²) in [6.45, 7) is 0.861. The summed E-state index contributed by atoms with van der Waals surface area (Å²) in [4.78, 5) is 12.7. The summed E-state index contributed by atoms with van der Waals surface area (Å²) >= 11 is 3.53. The van der Waals surface area contributed by atoms with Crippen LogP contribution in [0.25, 0.3) is 0 Å². The first-order chi connectivity index (χ1) is 9.79. The first kappa shape index (κ1) is 13.1. The van der Waals surface area contributed by atoms with Crippen molar-refractivity contribution in [1.82, 2.24) is 0 Å². The Morgan fingerprint density at radius 3 is 2.80 bits per heavy atom. The Labute approximate surface area is 126 Å². The number of carbonyl (C=O) groups is 1. The first-order valence-electron chi connectivity index (χ1n) is 6.52. The van der Waals surface area contributed by atoms with E-state index in [1.165, 1.54) is 16.8 Å². The zero-order valence-corrected chi connectivity index (χ0v) is 12.5. The normalized spacial score (nSPS) is 17.4. The fourth-order valence-corrected chi connectivity index (χ4v) is 3.14. The third-order valence-electron chi connectivity index (χ3n) is 3.60. The summed E-state index contributed by atoms with van der Waals surface area (Å²) < 4.78 is 1.09. The molecule has 3 rings (SSSR count). The number of hydrogen-bond donors (Lipinski definition) is 0. The fraction of sp³-hybridized carbons (Fsp3) is 0.118. The van der Waals surface area contributed by atoms with Crippen molar-refractivity contribution in [1.29, 1.82) is 0 Å². The minimum absolute atomic E-state index is 0.333. The van der Waals surface area contributed by atoms with Crippen molar-refractivity contribution >= 4 is 27.9 Å². The summed E-state index contributed by atoms with van der Waals surface area (Å²) in [5.74, 6) is 0.333. The van der Waals surface area contributed by atoms with E-state index in [9.17, 15) is 4.79 Å². The molecule has 0 aromatic heterocycles. The molecule has 2 aromatic carbocycles. The summed E-state index contributed by atoms with van der Waals surface area (Å²) in [6.07, 6.45) is 4.21. The van der Waals surface area contributed by atoms with Crippen molar-refractivity contribution in [2.75, 3.05) is 11.4 Å². The molecule has 0 spiro atoms. The molecule has 0 saturated heterocycles. The molecule has 100 valence electrons.